The Bertz CT molecular complexity index is 466. The molecule has 7 heteroatoms. The van der Waals surface area contributed by atoms with E-state index in [0.29, 0.717) is 5.56 Å². The van der Waals surface area contributed by atoms with E-state index in [2.05, 4.69) is 19.9 Å². The number of nitrogens with one attached hydrogen (secondary N) is 1. The van der Waals surface area contributed by atoms with Crippen LogP contribution in [0, 0.1) is 0 Å². The molecule has 0 saturated carbocycles. The molecule has 1 heterocycles. The highest BCUT2D eigenvalue weighted by Crippen LogP contribution is 2.21. The smallest absolute Gasteiger partial charge is 0.369 e. The number of rotatable bonds is 2. The molecule has 0 aliphatic rings. The van der Waals surface area contributed by atoms with Crippen molar-refractivity contribution >= 4 is 0 Å². The number of alkyl halides is 3. The van der Waals surface area contributed by atoms with Crippen LogP contribution in [0.2, 0.25) is 0 Å². The maximum absolute atomic E-state index is 11.8. The molecule has 0 aliphatic heterocycles. The zero-order chi connectivity index (χ0) is 11.6. The Morgan fingerprint density at radius 1 is 1.12 bits per heavy atom. The molecule has 0 fully saturated rings. The second-order valence-electron chi connectivity index (χ2n) is 2.88. The molecule has 0 atom stereocenters. The van der Waals surface area contributed by atoms with Crippen LogP contribution in [0.1, 0.15) is 0 Å². The molecule has 4 nitrogen and oxygen atoms in total. The van der Waals surface area contributed by atoms with E-state index in [9.17, 15) is 13.2 Å². The lowest BCUT2D eigenvalue weighted by Gasteiger charge is -2.02. The van der Waals surface area contributed by atoms with Gasteiger partial charge >= 0.3 is 12.4 Å². The van der Waals surface area contributed by atoms with Crippen LogP contribution in [0.5, 0.6) is 6.01 Å². The van der Waals surface area contributed by atoms with Crippen molar-refractivity contribution in [1.82, 2.24) is 15.2 Å². The number of hydrogen-bond acceptors (Lipinski definition) is 3. The molecule has 0 amide bonds. The van der Waals surface area contributed by atoms with E-state index in [1.54, 1.807) is 30.3 Å². The van der Waals surface area contributed by atoms with Crippen LogP contribution in [-0.4, -0.2) is 21.5 Å². The molecule has 2 aromatic rings. The lowest BCUT2D eigenvalue weighted by atomic mass is 10.2. The summed E-state index contributed by atoms with van der Waals surface area (Å²) in [7, 11) is 0. The molecule has 16 heavy (non-hydrogen) atoms. The van der Waals surface area contributed by atoms with Crippen molar-refractivity contribution in [2.75, 3.05) is 0 Å². The minimum Gasteiger partial charge on any atom is -0.369 e. The number of hydrogen-bond donors (Lipinski definition) is 1. The Labute approximate surface area is 88.1 Å². The van der Waals surface area contributed by atoms with Gasteiger partial charge in [-0.1, -0.05) is 30.3 Å². The first-order valence-electron chi connectivity index (χ1n) is 4.28. The molecule has 84 valence electrons. The van der Waals surface area contributed by atoms with Crippen molar-refractivity contribution < 1.29 is 17.9 Å². The van der Waals surface area contributed by atoms with Crippen LogP contribution in [0.4, 0.5) is 13.2 Å². The van der Waals surface area contributed by atoms with E-state index in [4.69, 9.17) is 0 Å². The van der Waals surface area contributed by atoms with E-state index in [1.165, 1.54) is 0 Å². The largest absolute Gasteiger partial charge is 0.575 e. The zero-order valence-corrected chi connectivity index (χ0v) is 7.82. The summed E-state index contributed by atoms with van der Waals surface area (Å²) >= 11 is 0. The summed E-state index contributed by atoms with van der Waals surface area (Å²) in [6.45, 7) is 0. The maximum Gasteiger partial charge on any atom is 0.575 e. The van der Waals surface area contributed by atoms with Gasteiger partial charge in [-0.15, -0.1) is 18.3 Å². The van der Waals surface area contributed by atoms with Crippen LogP contribution in [0.15, 0.2) is 30.3 Å². The summed E-state index contributed by atoms with van der Waals surface area (Å²) in [6.07, 6.45) is -4.78. The van der Waals surface area contributed by atoms with E-state index < -0.39 is 12.4 Å². The van der Waals surface area contributed by atoms with E-state index in [-0.39, 0.29) is 5.82 Å². The fourth-order valence-corrected chi connectivity index (χ4v) is 1.12. The average Bonchev–Trinajstić information content (AvgIpc) is 2.65. The highest BCUT2D eigenvalue weighted by molar-refractivity contribution is 5.54. The van der Waals surface area contributed by atoms with Crippen LogP contribution < -0.4 is 4.74 Å². The van der Waals surface area contributed by atoms with Crippen molar-refractivity contribution in [1.29, 1.82) is 0 Å². The number of nitrogens with zero attached hydrogens (tertiary/aromatic N) is 2. The number of ether oxygens (including phenoxy) is 1. The summed E-state index contributed by atoms with van der Waals surface area (Å²) in [5, 5.41) is 5.66. The monoisotopic (exact) mass is 229 g/mol. The molecule has 0 radical (unpaired) electrons. The van der Waals surface area contributed by atoms with Crippen LogP contribution >= 0.6 is 0 Å². The van der Waals surface area contributed by atoms with Gasteiger partial charge in [0.15, 0.2) is 5.82 Å². The predicted octanol–water partition coefficient (Wildman–Crippen LogP) is 2.37. The molecule has 1 aromatic carbocycles. The summed E-state index contributed by atoms with van der Waals surface area (Å²) in [5.74, 6) is 0.222. The van der Waals surface area contributed by atoms with Gasteiger partial charge in [0.1, 0.15) is 0 Å². The number of benzene rings is 1. The molecular weight excluding hydrogens is 223 g/mol. The van der Waals surface area contributed by atoms with E-state index in [1.807, 2.05) is 0 Å². The summed E-state index contributed by atoms with van der Waals surface area (Å²) < 4.78 is 39.1. The molecule has 2 rings (SSSR count). The van der Waals surface area contributed by atoms with Crippen LogP contribution in [-0.2, 0) is 0 Å². The number of halogens is 3. The molecule has 0 saturated heterocycles. The minimum absolute atomic E-state index is 0.222. The quantitative estimate of drug-likeness (QED) is 0.859. The first kappa shape index (κ1) is 10.5. The average molecular weight is 229 g/mol. The predicted molar refractivity (Wildman–Crippen MR) is 48.5 cm³/mol. The van der Waals surface area contributed by atoms with Crippen molar-refractivity contribution in [2.45, 2.75) is 6.36 Å². The first-order valence-corrected chi connectivity index (χ1v) is 4.28. The van der Waals surface area contributed by atoms with Crippen molar-refractivity contribution in [3.63, 3.8) is 0 Å². The molecular formula is C9H6F3N3O. The Hall–Kier alpha value is -2.05. The van der Waals surface area contributed by atoms with Gasteiger partial charge in [-0.05, 0) is 0 Å². The lowest BCUT2D eigenvalue weighted by Crippen LogP contribution is -2.17. The SMILES string of the molecule is FC(F)(F)Oc1n[nH]c(-c2ccccc2)n1. The van der Waals surface area contributed by atoms with Crippen molar-refractivity contribution in [3.8, 4) is 17.4 Å². The molecule has 1 aromatic heterocycles. The second kappa shape index (κ2) is 3.84. The van der Waals surface area contributed by atoms with Crippen molar-refractivity contribution in [2.24, 2.45) is 0 Å². The van der Waals surface area contributed by atoms with Crippen molar-refractivity contribution in [3.05, 3.63) is 30.3 Å². The van der Waals surface area contributed by atoms with Gasteiger partial charge in [-0.25, -0.2) is 0 Å². The minimum atomic E-state index is -4.78. The maximum atomic E-state index is 11.8. The van der Waals surface area contributed by atoms with Gasteiger partial charge in [-0.3, -0.25) is 5.10 Å². The molecule has 0 unspecified atom stereocenters. The van der Waals surface area contributed by atoms with Crippen LogP contribution in [0.3, 0.4) is 0 Å². The Morgan fingerprint density at radius 2 is 1.81 bits per heavy atom. The van der Waals surface area contributed by atoms with Gasteiger partial charge in [-0.2, -0.15) is 4.98 Å². The normalized spacial score (nSPS) is 11.4. The Balaban J connectivity index is 2.21. The van der Waals surface area contributed by atoms with Gasteiger partial charge in [0.2, 0.25) is 0 Å². The molecule has 1 N–H and O–H groups in total. The second-order valence-corrected chi connectivity index (χ2v) is 2.88. The Morgan fingerprint density at radius 3 is 2.44 bits per heavy atom. The highest BCUT2D eigenvalue weighted by atomic mass is 19.4. The first-order chi connectivity index (χ1) is 7.54. The molecule has 0 aliphatic carbocycles. The third-order valence-corrected chi connectivity index (χ3v) is 1.72. The van der Waals surface area contributed by atoms with Gasteiger partial charge < -0.3 is 4.74 Å². The van der Waals surface area contributed by atoms with Gasteiger partial charge in [0, 0.05) is 5.56 Å². The fourth-order valence-electron chi connectivity index (χ4n) is 1.12. The number of H-pyrrole nitrogens is 1. The van der Waals surface area contributed by atoms with Gasteiger partial charge in [0.25, 0.3) is 0 Å². The number of aromatic nitrogens is 3. The Kier molecular flexibility index (Phi) is 2.51. The highest BCUT2D eigenvalue weighted by Gasteiger charge is 2.33. The number of aromatic amines is 1. The molecule has 0 spiro atoms. The summed E-state index contributed by atoms with van der Waals surface area (Å²) in [6, 6.07) is 7.90. The standard InChI is InChI=1S/C9H6F3N3O/c10-9(11,12)16-8-13-7(14-15-8)6-4-2-1-3-5-6/h1-5H,(H,13,14,15). The molecule has 0 bridgehead atoms. The van der Waals surface area contributed by atoms with Gasteiger partial charge in [0.05, 0.1) is 0 Å². The third-order valence-electron chi connectivity index (χ3n) is 1.72. The summed E-state index contributed by atoms with van der Waals surface area (Å²) in [4.78, 5) is 3.56. The lowest BCUT2D eigenvalue weighted by molar-refractivity contribution is -0.277. The van der Waals surface area contributed by atoms with Crippen LogP contribution in [0.25, 0.3) is 11.4 Å². The summed E-state index contributed by atoms with van der Waals surface area (Å²) in [5.41, 5.74) is 0.632. The van der Waals surface area contributed by atoms with E-state index in [0.717, 1.165) is 0 Å². The van der Waals surface area contributed by atoms with E-state index >= 15 is 0 Å². The third kappa shape index (κ3) is 2.50. The zero-order valence-electron chi connectivity index (χ0n) is 7.82. The topological polar surface area (TPSA) is 50.8 Å². The fraction of sp³-hybridized carbons (Fsp3) is 0.111.